The Kier molecular flexibility index (Phi) is 3.96. The number of carbonyl (C=O) groups is 1. The van der Waals surface area contributed by atoms with E-state index in [4.69, 9.17) is 9.36 Å². The Morgan fingerprint density at radius 1 is 1.25 bits per heavy atom. The summed E-state index contributed by atoms with van der Waals surface area (Å²) in [4.78, 5) is 21.2. The lowest BCUT2D eigenvalue weighted by Gasteiger charge is -2.35. The molecular formula is C21H27N3O3Si. The van der Waals surface area contributed by atoms with Crippen LogP contribution in [0, 0.1) is 5.41 Å². The number of nitrogens with zero attached hydrogens (tertiary/aromatic N) is 3. The van der Waals surface area contributed by atoms with Crippen LogP contribution >= 0.6 is 0 Å². The highest BCUT2D eigenvalue weighted by atomic mass is 28.3. The van der Waals surface area contributed by atoms with Crippen molar-refractivity contribution in [1.82, 2.24) is 15.1 Å². The molecule has 2 atom stereocenters. The fourth-order valence-corrected chi connectivity index (χ4v) is 5.46. The van der Waals surface area contributed by atoms with E-state index in [1.165, 1.54) is 0 Å². The molecule has 148 valence electrons. The monoisotopic (exact) mass is 397 g/mol. The number of benzene rings is 1. The molecule has 28 heavy (non-hydrogen) atoms. The molecule has 1 aliphatic carbocycles. The van der Waals surface area contributed by atoms with Gasteiger partial charge in [0, 0.05) is 12.6 Å². The third-order valence-electron chi connectivity index (χ3n) is 6.48. The number of hydroxylamine groups is 2. The van der Waals surface area contributed by atoms with E-state index in [1.807, 2.05) is 35.2 Å². The summed E-state index contributed by atoms with van der Waals surface area (Å²) in [5.74, 6) is 0. The molecule has 2 bridgehead atoms. The first kappa shape index (κ1) is 17.9. The average Bonchev–Trinajstić information content (AvgIpc) is 3.14. The number of rotatable bonds is 5. The second-order valence-corrected chi connectivity index (χ2v) is 14.5. The number of hydrogen-bond donors (Lipinski definition) is 0. The van der Waals surface area contributed by atoms with Crippen molar-refractivity contribution in [1.29, 1.82) is 0 Å². The summed E-state index contributed by atoms with van der Waals surface area (Å²) in [5.41, 5.74) is 2.15. The molecule has 0 radical (unpaired) electrons. The molecule has 5 rings (SSSR count). The number of amides is 2. The summed E-state index contributed by atoms with van der Waals surface area (Å²) >= 11 is 0. The fourth-order valence-electron chi connectivity index (χ4n) is 4.56. The average molecular weight is 398 g/mol. The van der Waals surface area contributed by atoms with E-state index in [0.29, 0.717) is 13.2 Å². The van der Waals surface area contributed by atoms with Crippen LogP contribution in [-0.4, -0.2) is 41.8 Å². The van der Waals surface area contributed by atoms with Crippen LogP contribution in [0.3, 0.4) is 0 Å². The van der Waals surface area contributed by atoms with Gasteiger partial charge in [0.1, 0.15) is 25.8 Å². The van der Waals surface area contributed by atoms with Gasteiger partial charge in [-0.3, -0.25) is 4.84 Å². The molecule has 1 spiro atoms. The number of piperidine rings is 1. The predicted octanol–water partition coefficient (Wildman–Crippen LogP) is 3.68. The van der Waals surface area contributed by atoms with Crippen molar-refractivity contribution in [3.63, 3.8) is 0 Å². The van der Waals surface area contributed by atoms with Gasteiger partial charge in [-0.2, -0.15) is 5.06 Å². The van der Waals surface area contributed by atoms with E-state index >= 15 is 0 Å². The predicted molar refractivity (Wildman–Crippen MR) is 107 cm³/mol. The summed E-state index contributed by atoms with van der Waals surface area (Å²) in [6.07, 6.45) is 3.25. The molecule has 0 unspecified atom stereocenters. The molecule has 7 heteroatoms. The van der Waals surface area contributed by atoms with Crippen molar-refractivity contribution in [2.24, 2.45) is 5.41 Å². The standard InChI is InChI=1S/C21H27N3O3Si/c1-28(2,3)19-11-16(22-27-19)17-12-21(9-10-21)18-13-23(17)20(25)24(18)26-14-15-7-5-4-6-8-15/h4-8,11,17-18H,9-10,12-14H2,1-3H3/t17-,18-/m0/s1. The van der Waals surface area contributed by atoms with Gasteiger partial charge >= 0.3 is 6.03 Å². The number of carbonyl (C=O) groups excluding carboxylic acids is 1. The Morgan fingerprint density at radius 2 is 2.00 bits per heavy atom. The third kappa shape index (κ3) is 2.88. The molecule has 3 fully saturated rings. The van der Waals surface area contributed by atoms with Crippen molar-refractivity contribution in [2.75, 3.05) is 6.54 Å². The van der Waals surface area contributed by atoms with Gasteiger partial charge in [-0.1, -0.05) is 55.1 Å². The maximum Gasteiger partial charge on any atom is 0.344 e. The molecule has 6 nitrogen and oxygen atoms in total. The first-order chi connectivity index (χ1) is 13.4. The normalized spacial score (nSPS) is 25.6. The minimum atomic E-state index is -1.57. The van der Waals surface area contributed by atoms with Crippen LogP contribution in [0.1, 0.15) is 36.6 Å². The molecule has 3 aliphatic rings. The van der Waals surface area contributed by atoms with Crippen molar-refractivity contribution in [3.05, 3.63) is 47.7 Å². The fraction of sp³-hybridized carbons (Fsp3) is 0.524. The largest absolute Gasteiger partial charge is 0.366 e. The van der Waals surface area contributed by atoms with Crippen LogP contribution in [-0.2, 0) is 11.4 Å². The molecule has 2 aliphatic heterocycles. The van der Waals surface area contributed by atoms with E-state index in [-0.39, 0.29) is 23.5 Å². The van der Waals surface area contributed by atoms with Gasteiger partial charge in [0.25, 0.3) is 0 Å². The first-order valence-electron chi connectivity index (χ1n) is 10.1. The Morgan fingerprint density at radius 3 is 2.64 bits per heavy atom. The van der Waals surface area contributed by atoms with E-state index in [0.717, 1.165) is 35.9 Å². The molecule has 1 aromatic carbocycles. The Balaban J connectivity index is 1.38. The molecule has 2 amide bonds. The molecular weight excluding hydrogens is 370 g/mol. The topological polar surface area (TPSA) is 58.8 Å². The van der Waals surface area contributed by atoms with Gasteiger partial charge in [0.15, 0.2) is 0 Å². The molecule has 2 saturated heterocycles. The van der Waals surface area contributed by atoms with Crippen LogP contribution < -0.4 is 5.38 Å². The zero-order valence-corrected chi connectivity index (χ0v) is 17.7. The zero-order chi connectivity index (χ0) is 19.5. The van der Waals surface area contributed by atoms with Crippen LogP contribution in [0.15, 0.2) is 40.9 Å². The van der Waals surface area contributed by atoms with Crippen LogP contribution in [0.4, 0.5) is 4.79 Å². The lowest BCUT2D eigenvalue weighted by Crippen LogP contribution is -2.42. The van der Waals surface area contributed by atoms with E-state index in [2.05, 4.69) is 30.9 Å². The summed E-state index contributed by atoms with van der Waals surface area (Å²) in [5, 5.41) is 7.03. The molecule has 0 N–H and O–H groups in total. The highest BCUT2D eigenvalue weighted by Gasteiger charge is 2.63. The second kappa shape index (κ2) is 6.19. The quantitative estimate of drug-likeness (QED) is 0.722. The van der Waals surface area contributed by atoms with Crippen molar-refractivity contribution in [3.8, 4) is 0 Å². The molecule has 1 saturated carbocycles. The minimum Gasteiger partial charge on any atom is -0.366 e. The van der Waals surface area contributed by atoms with Crippen LogP contribution in [0.5, 0.6) is 0 Å². The SMILES string of the molecule is C[Si](C)(C)c1cc([C@@H]2CC3(CC3)[C@@H]3CN2C(=O)N3OCc2ccccc2)no1. The minimum absolute atomic E-state index is 0.00887. The van der Waals surface area contributed by atoms with Crippen LogP contribution in [0.25, 0.3) is 0 Å². The summed E-state index contributed by atoms with van der Waals surface area (Å²) in [6.45, 7) is 7.87. The van der Waals surface area contributed by atoms with Gasteiger partial charge in [-0.15, -0.1) is 0 Å². The Bertz CT molecular complexity index is 888. The second-order valence-electron chi connectivity index (χ2n) is 9.48. The zero-order valence-electron chi connectivity index (χ0n) is 16.7. The first-order valence-corrected chi connectivity index (χ1v) is 13.6. The Hall–Kier alpha value is -2.12. The highest BCUT2D eigenvalue weighted by molar-refractivity contribution is 6.87. The molecule has 1 aromatic heterocycles. The molecule has 3 heterocycles. The van der Waals surface area contributed by atoms with E-state index < -0.39 is 8.07 Å². The highest BCUT2D eigenvalue weighted by Crippen LogP contribution is 2.61. The van der Waals surface area contributed by atoms with Crippen molar-refractivity contribution >= 4 is 19.5 Å². The summed E-state index contributed by atoms with van der Waals surface area (Å²) in [6, 6.07) is 12.2. The number of fused-ring (bicyclic) bond motifs is 3. The number of urea groups is 1. The summed E-state index contributed by atoms with van der Waals surface area (Å²) < 4.78 is 5.67. The lowest BCUT2D eigenvalue weighted by atomic mass is 9.84. The maximum atomic E-state index is 13.2. The van der Waals surface area contributed by atoms with E-state index in [1.54, 1.807) is 5.06 Å². The van der Waals surface area contributed by atoms with Gasteiger partial charge in [-0.05, 0) is 30.2 Å². The molecule has 2 aromatic rings. The number of hydrogen-bond acceptors (Lipinski definition) is 4. The van der Waals surface area contributed by atoms with Gasteiger partial charge in [-0.25, -0.2) is 4.79 Å². The van der Waals surface area contributed by atoms with Crippen molar-refractivity contribution in [2.45, 2.75) is 57.6 Å². The smallest absolute Gasteiger partial charge is 0.344 e. The van der Waals surface area contributed by atoms with Crippen LogP contribution in [0.2, 0.25) is 19.6 Å². The van der Waals surface area contributed by atoms with E-state index in [9.17, 15) is 4.79 Å². The summed E-state index contributed by atoms with van der Waals surface area (Å²) in [7, 11) is -1.57. The van der Waals surface area contributed by atoms with Crippen molar-refractivity contribution < 1.29 is 14.2 Å². The van der Waals surface area contributed by atoms with Gasteiger partial charge < -0.3 is 9.42 Å². The lowest BCUT2D eigenvalue weighted by molar-refractivity contribution is -0.153. The third-order valence-corrected chi connectivity index (χ3v) is 8.20. The Labute approximate surface area is 166 Å². The van der Waals surface area contributed by atoms with Gasteiger partial charge in [0.05, 0.1) is 12.1 Å². The van der Waals surface area contributed by atoms with Gasteiger partial charge in [0.2, 0.25) is 0 Å². The number of aromatic nitrogens is 1. The maximum absolute atomic E-state index is 13.2.